The van der Waals surface area contributed by atoms with E-state index in [1.54, 1.807) is 13.8 Å². The van der Waals surface area contributed by atoms with Crippen LogP contribution in [0.2, 0.25) is 0 Å². The Bertz CT molecular complexity index is 678. The monoisotopic (exact) mass is 336 g/mol. The molecule has 2 rings (SSSR count). The lowest BCUT2D eigenvalue weighted by molar-refractivity contribution is -0.143. The molecule has 7 heteroatoms. The molecule has 6 nitrogen and oxygen atoms in total. The number of rotatable bonds is 7. The quantitative estimate of drug-likeness (QED) is 0.811. The fourth-order valence-corrected chi connectivity index (χ4v) is 2.79. The molecule has 0 aliphatic carbocycles. The molecule has 0 fully saturated rings. The summed E-state index contributed by atoms with van der Waals surface area (Å²) in [6.45, 7) is 5.44. The highest BCUT2D eigenvalue weighted by molar-refractivity contribution is 7.08. The maximum atomic E-state index is 12.1. The summed E-state index contributed by atoms with van der Waals surface area (Å²) in [6.07, 6.45) is 0.669. The fourth-order valence-electron chi connectivity index (χ4n) is 2.16. The minimum absolute atomic E-state index is 0.000313. The second-order valence-electron chi connectivity index (χ2n) is 5.48. The van der Waals surface area contributed by atoms with Gasteiger partial charge in [-0.1, -0.05) is 20.3 Å². The van der Waals surface area contributed by atoms with Crippen LogP contribution in [0.25, 0.3) is 11.5 Å². The number of nitrogens with one attached hydrogen (secondary N) is 1. The molecule has 2 atom stereocenters. The highest BCUT2D eigenvalue weighted by Gasteiger charge is 2.26. The Morgan fingerprint density at radius 2 is 2.22 bits per heavy atom. The Kier molecular flexibility index (Phi) is 5.54. The van der Waals surface area contributed by atoms with Crippen LogP contribution in [0.1, 0.15) is 31.7 Å². The van der Waals surface area contributed by atoms with Gasteiger partial charge in [0.25, 0.3) is 0 Å². The molecule has 2 N–H and O–H groups in total. The van der Waals surface area contributed by atoms with Crippen LogP contribution in [-0.4, -0.2) is 28.0 Å². The fraction of sp³-hybridized carbons (Fsp3) is 0.438. The third-order valence-electron chi connectivity index (χ3n) is 3.78. The van der Waals surface area contributed by atoms with Gasteiger partial charge in [0.05, 0.1) is 12.1 Å². The predicted octanol–water partition coefficient (Wildman–Crippen LogP) is 2.87. The molecule has 23 heavy (non-hydrogen) atoms. The van der Waals surface area contributed by atoms with Gasteiger partial charge in [-0.2, -0.15) is 11.3 Å². The molecule has 0 saturated carbocycles. The summed E-state index contributed by atoms with van der Waals surface area (Å²) in [5.41, 5.74) is 1.39. The minimum atomic E-state index is -1.02. The number of hydrogen-bond donors (Lipinski definition) is 2. The van der Waals surface area contributed by atoms with Gasteiger partial charge in [0.1, 0.15) is 11.8 Å². The summed E-state index contributed by atoms with van der Waals surface area (Å²) >= 11 is 1.54. The maximum absolute atomic E-state index is 12.1. The number of oxazole rings is 1. The first-order valence-electron chi connectivity index (χ1n) is 7.43. The van der Waals surface area contributed by atoms with Crippen molar-refractivity contribution in [2.45, 2.75) is 39.7 Å². The van der Waals surface area contributed by atoms with E-state index in [2.05, 4.69) is 10.3 Å². The van der Waals surface area contributed by atoms with Crippen molar-refractivity contribution in [1.82, 2.24) is 10.3 Å². The van der Waals surface area contributed by atoms with Crippen LogP contribution in [0.15, 0.2) is 21.2 Å². The summed E-state index contributed by atoms with van der Waals surface area (Å²) in [5, 5.41) is 15.6. The lowest BCUT2D eigenvalue weighted by atomic mass is 9.99. The normalized spacial score (nSPS) is 13.5. The topological polar surface area (TPSA) is 92.4 Å². The summed E-state index contributed by atoms with van der Waals surface area (Å²) < 4.78 is 5.58. The first-order valence-corrected chi connectivity index (χ1v) is 8.37. The molecule has 124 valence electrons. The molecule has 2 aromatic heterocycles. The number of carbonyl (C=O) groups excluding carboxylic acids is 1. The van der Waals surface area contributed by atoms with Crippen molar-refractivity contribution in [2.24, 2.45) is 5.92 Å². The Balaban J connectivity index is 2.07. The predicted molar refractivity (Wildman–Crippen MR) is 87.3 cm³/mol. The molecule has 2 heterocycles. The first-order chi connectivity index (χ1) is 10.9. The standard InChI is InChI=1S/C16H20N2O4S/c1-4-9(2)14(16(20)21)18-13(19)7-12-10(3)22-15(17-12)11-5-6-23-8-11/h5-6,8-9,14H,4,7H2,1-3H3,(H,18,19)(H,20,21). The van der Waals surface area contributed by atoms with Gasteiger partial charge in [-0.25, -0.2) is 9.78 Å². The van der Waals surface area contributed by atoms with Crippen molar-refractivity contribution >= 4 is 23.2 Å². The van der Waals surface area contributed by atoms with E-state index in [1.165, 1.54) is 11.3 Å². The van der Waals surface area contributed by atoms with Crippen molar-refractivity contribution in [3.8, 4) is 11.5 Å². The van der Waals surface area contributed by atoms with Crippen LogP contribution in [-0.2, 0) is 16.0 Å². The van der Waals surface area contributed by atoms with Gasteiger partial charge in [-0.3, -0.25) is 4.79 Å². The molecule has 0 saturated heterocycles. The molecule has 0 radical (unpaired) electrons. The number of hydrogen-bond acceptors (Lipinski definition) is 5. The van der Waals surface area contributed by atoms with E-state index in [1.807, 2.05) is 23.8 Å². The zero-order valence-electron chi connectivity index (χ0n) is 13.3. The van der Waals surface area contributed by atoms with E-state index in [0.717, 1.165) is 5.56 Å². The van der Waals surface area contributed by atoms with Crippen LogP contribution in [0.4, 0.5) is 0 Å². The van der Waals surface area contributed by atoms with Gasteiger partial charge in [-0.05, 0) is 24.3 Å². The average molecular weight is 336 g/mol. The number of thiophene rings is 1. The number of carbonyl (C=O) groups is 2. The van der Waals surface area contributed by atoms with E-state index >= 15 is 0 Å². The Hall–Kier alpha value is -2.15. The third kappa shape index (κ3) is 4.19. The summed E-state index contributed by atoms with van der Waals surface area (Å²) in [4.78, 5) is 27.7. The number of amides is 1. The first kappa shape index (κ1) is 17.2. The van der Waals surface area contributed by atoms with Gasteiger partial charge < -0.3 is 14.8 Å². The molecule has 0 aliphatic rings. The lowest BCUT2D eigenvalue weighted by Crippen LogP contribution is -2.45. The van der Waals surface area contributed by atoms with E-state index < -0.39 is 12.0 Å². The SMILES string of the molecule is CCC(C)C(NC(=O)Cc1nc(-c2ccsc2)oc1C)C(=O)O. The summed E-state index contributed by atoms with van der Waals surface area (Å²) in [7, 11) is 0. The number of aryl methyl sites for hydroxylation is 1. The van der Waals surface area contributed by atoms with Gasteiger partial charge in [0.15, 0.2) is 0 Å². The zero-order valence-corrected chi connectivity index (χ0v) is 14.1. The molecular formula is C16H20N2O4S. The largest absolute Gasteiger partial charge is 0.480 e. The summed E-state index contributed by atoms with van der Waals surface area (Å²) in [6, 6.07) is 0.999. The van der Waals surface area contributed by atoms with Crippen molar-refractivity contribution in [3.05, 3.63) is 28.3 Å². The third-order valence-corrected chi connectivity index (χ3v) is 4.47. The van der Waals surface area contributed by atoms with E-state index in [-0.39, 0.29) is 18.2 Å². The van der Waals surface area contributed by atoms with Crippen LogP contribution >= 0.6 is 11.3 Å². The molecule has 2 unspecified atom stereocenters. The number of carboxylic acids is 1. The Labute approximate surface area is 138 Å². The number of nitrogens with zero attached hydrogens (tertiary/aromatic N) is 1. The van der Waals surface area contributed by atoms with Crippen molar-refractivity contribution < 1.29 is 19.1 Å². The molecule has 0 aliphatic heterocycles. The highest BCUT2D eigenvalue weighted by atomic mass is 32.1. The van der Waals surface area contributed by atoms with Crippen LogP contribution in [0.5, 0.6) is 0 Å². The second kappa shape index (κ2) is 7.41. The smallest absolute Gasteiger partial charge is 0.326 e. The van der Waals surface area contributed by atoms with Gasteiger partial charge in [0.2, 0.25) is 11.8 Å². The molecular weight excluding hydrogens is 316 g/mol. The van der Waals surface area contributed by atoms with Gasteiger partial charge in [0, 0.05) is 10.9 Å². The van der Waals surface area contributed by atoms with Crippen molar-refractivity contribution in [1.29, 1.82) is 0 Å². The zero-order chi connectivity index (χ0) is 17.0. The molecule has 0 bridgehead atoms. The van der Waals surface area contributed by atoms with Gasteiger partial charge >= 0.3 is 5.97 Å². The summed E-state index contributed by atoms with van der Waals surface area (Å²) in [5.74, 6) is -0.495. The Morgan fingerprint density at radius 3 is 2.78 bits per heavy atom. The molecule has 0 spiro atoms. The van der Waals surface area contributed by atoms with Crippen molar-refractivity contribution in [2.75, 3.05) is 0 Å². The van der Waals surface area contributed by atoms with E-state index in [9.17, 15) is 14.7 Å². The maximum Gasteiger partial charge on any atom is 0.326 e. The van der Waals surface area contributed by atoms with Crippen LogP contribution < -0.4 is 5.32 Å². The lowest BCUT2D eigenvalue weighted by Gasteiger charge is -2.19. The molecule has 0 aromatic carbocycles. The minimum Gasteiger partial charge on any atom is -0.480 e. The number of aliphatic carboxylic acids is 1. The molecule has 1 amide bonds. The number of aromatic nitrogens is 1. The van der Waals surface area contributed by atoms with Gasteiger partial charge in [-0.15, -0.1) is 0 Å². The number of carboxylic acid groups (broad SMARTS) is 1. The van der Waals surface area contributed by atoms with Crippen molar-refractivity contribution in [3.63, 3.8) is 0 Å². The van der Waals surface area contributed by atoms with E-state index in [4.69, 9.17) is 4.42 Å². The Morgan fingerprint density at radius 1 is 1.48 bits per heavy atom. The average Bonchev–Trinajstić information content (AvgIpc) is 3.14. The van der Waals surface area contributed by atoms with E-state index in [0.29, 0.717) is 23.8 Å². The second-order valence-corrected chi connectivity index (χ2v) is 6.26. The van der Waals surface area contributed by atoms with Crippen LogP contribution in [0, 0.1) is 12.8 Å². The van der Waals surface area contributed by atoms with Crippen LogP contribution in [0.3, 0.4) is 0 Å². The highest BCUT2D eigenvalue weighted by Crippen LogP contribution is 2.24. The molecule has 2 aromatic rings.